The summed E-state index contributed by atoms with van der Waals surface area (Å²) in [4.78, 5) is 0. The number of hydrogen-bond donors (Lipinski definition) is 1. The number of piperidine rings is 1. The van der Waals surface area contributed by atoms with Crippen molar-refractivity contribution in [3.8, 4) is 6.07 Å². The maximum absolute atomic E-state index is 12.1. The Hall–Kier alpha value is -0.640. The lowest BCUT2D eigenvalue weighted by Crippen LogP contribution is -2.50. The van der Waals surface area contributed by atoms with Crippen LogP contribution in [0.3, 0.4) is 0 Å². The van der Waals surface area contributed by atoms with E-state index in [4.69, 9.17) is 5.26 Å². The second-order valence-corrected chi connectivity index (χ2v) is 7.21. The molecule has 18 heavy (non-hydrogen) atoms. The molecule has 0 radical (unpaired) electrons. The van der Waals surface area contributed by atoms with E-state index in [2.05, 4.69) is 5.32 Å². The molecule has 0 aliphatic carbocycles. The fraction of sp³-hybridized carbons (Fsp3) is 0.917. The largest absolute Gasteiger partial charge is 0.311 e. The SMILES string of the molecule is CCCN(C1CC2CCC(C1)N2)S(=O)(=O)CC#N. The number of rotatable bonds is 5. The number of fused-ring (bicyclic) bond motifs is 2. The Morgan fingerprint density at radius 1 is 1.33 bits per heavy atom. The van der Waals surface area contributed by atoms with E-state index in [1.165, 1.54) is 0 Å². The monoisotopic (exact) mass is 271 g/mol. The second kappa shape index (κ2) is 5.55. The molecule has 102 valence electrons. The molecule has 0 saturated carbocycles. The normalized spacial score (nSPS) is 31.5. The first-order chi connectivity index (χ1) is 8.56. The van der Waals surface area contributed by atoms with Crippen LogP contribution in [0.5, 0.6) is 0 Å². The number of nitrogens with one attached hydrogen (secondary N) is 1. The average molecular weight is 271 g/mol. The molecule has 2 aliphatic heterocycles. The Labute approximate surface area is 109 Å². The fourth-order valence-corrected chi connectivity index (χ4v) is 4.61. The first kappa shape index (κ1) is 13.8. The van der Waals surface area contributed by atoms with Gasteiger partial charge in [-0.1, -0.05) is 6.92 Å². The molecule has 5 nitrogen and oxygen atoms in total. The van der Waals surface area contributed by atoms with E-state index >= 15 is 0 Å². The van der Waals surface area contributed by atoms with Gasteiger partial charge in [-0.15, -0.1) is 0 Å². The molecule has 0 spiro atoms. The summed E-state index contributed by atoms with van der Waals surface area (Å²) in [6.45, 7) is 2.51. The van der Waals surface area contributed by atoms with Crippen molar-refractivity contribution in [1.82, 2.24) is 9.62 Å². The zero-order valence-corrected chi connectivity index (χ0v) is 11.6. The third-order valence-corrected chi connectivity index (χ3v) is 5.59. The average Bonchev–Trinajstić information content (AvgIpc) is 2.65. The molecular formula is C12H21N3O2S. The van der Waals surface area contributed by atoms with Crippen LogP contribution in [0.15, 0.2) is 0 Å². The molecule has 2 atom stereocenters. The van der Waals surface area contributed by atoms with E-state index in [0.717, 1.165) is 32.1 Å². The zero-order chi connectivity index (χ0) is 13.2. The fourth-order valence-electron chi connectivity index (χ4n) is 3.20. The summed E-state index contributed by atoms with van der Waals surface area (Å²) >= 11 is 0. The van der Waals surface area contributed by atoms with Crippen molar-refractivity contribution >= 4 is 10.0 Å². The van der Waals surface area contributed by atoms with Crippen molar-refractivity contribution in [3.05, 3.63) is 0 Å². The summed E-state index contributed by atoms with van der Waals surface area (Å²) in [7, 11) is -3.41. The maximum Gasteiger partial charge on any atom is 0.227 e. The van der Waals surface area contributed by atoms with Crippen LogP contribution in [-0.4, -0.2) is 43.1 Å². The summed E-state index contributed by atoms with van der Waals surface area (Å²) in [5, 5.41) is 12.2. The van der Waals surface area contributed by atoms with Gasteiger partial charge in [-0.3, -0.25) is 0 Å². The first-order valence-electron chi connectivity index (χ1n) is 6.69. The third kappa shape index (κ3) is 2.85. The highest BCUT2D eigenvalue weighted by Crippen LogP contribution is 2.31. The number of nitrogens with zero attached hydrogens (tertiary/aromatic N) is 2. The van der Waals surface area contributed by atoms with E-state index in [1.54, 1.807) is 10.4 Å². The minimum Gasteiger partial charge on any atom is -0.311 e. The summed E-state index contributed by atoms with van der Waals surface area (Å²) in [5.74, 6) is -0.397. The van der Waals surface area contributed by atoms with Gasteiger partial charge in [-0.2, -0.15) is 9.57 Å². The predicted molar refractivity (Wildman–Crippen MR) is 69.4 cm³/mol. The molecule has 2 aliphatic rings. The quantitative estimate of drug-likeness (QED) is 0.804. The molecule has 0 aromatic rings. The van der Waals surface area contributed by atoms with Gasteiger partial charge in [0.15, 0.2) is 5.75 Å². The molecule has 2 bridgehead atoms. The topological polar surface area (TPSA) is 73.2 Å². The number of sulfonamides is 1. The molecule has 0 aromatic heterocycles. The van der Waals surface area contributed by atoms with Gasteiger partial charge in [0, 0.05) is 24.7 Å². The third-order valence-electron chi connectivity index (χ3n) is 3.90. The van der Waals surface area contributed by atoms with Gasteiger partial charge in [0.1, 0.15) is 0 Å². The molecular weight excluding hydrogens is 250 g/mol. The second-order valence-electron chi connectivity index (χ2n) is 5.29. The van der Waals surface area contributed by atoms with Crippen LogP contribution in [0.1, 0.15) is 39.0 Å². The van der Waals surface area contributed by atoms with Gasteiger partial charge in [0.2, 0.25) is 10.0 Å². The lowest BCUT2D eigenvalue weighted by atomic mass is 10.00. The summed E-state index contributed by atoms with van der Waals surface area (Å²) in [6, 6.07) is 2.79. The molecule has 2 heterocycles. The highest BCUT2D eigenvalue weighted by molar-refractivity contribution is 7.89. The Balaban J connectivity index is 2.13. The Morgan fingerprint density at radius 3 is 2.44 bits per heavy atom. The Kier molecular flexibility index (Phi) is 4.25. The number of nitriles is 1. The van der Waals surface area contributed by atoms with Crippen LogP contribution < -0.4 is 5.32 Å². The molecule has 0 amide bonds. The molecule has 2 unspecified atom stereocenters. The van der Waals surface area contributed by atoms with Crippen molar-refractivity contribution in [1.29, 1.82) is 5.26 Å². The summed E-state index contributed by atoms with van der Waals surface area (Å²) in [5.41, 5.74) is 0. The Bertz CT molecular complexity index is 417. The zero-order valence-electron chi connectivity index (χ0n) is 10.8. The van der Waals surface area contributed by atoms with Crippen molar-refractivity contribution in [2.45, 2.75) is 57.2 Å². The van der Waals surface area contributed by atoms with Crippen molar-refractivity contribution in [2.75, 3.05) is 12.3 Å². The lowest BCUT2D eigenvalue weighted by Gasteiger charge is -2.36. The van der Waals surface area contributed by atoms with E-state index < -0.39 is 15.8 Å². The van der Waals surface area contributed by atoms with Crippen molar-refractivity contribution < 1.29 is 8.42 Å². The molecule has 2 saturated heterocycles. The van der Waals surface area contributed by atoms with Crippen LogP contribution in [0.2, 0.25) is 0 Å². The molecule has 0 aromatic carbocycles. The minimum absolute atomic E-state index is 0.0852. The smallest absolute Gasteiger partial charge is 0.227 e. The molecule has 2 rings (SSSR count). The van der Waals surface area contributed by atoms with Crippen LogP contribution in [-0.2, 0) is 10.0 Å². The minimum atomic E-state index is -3.41. The van der Waals surface area contributed by atoms with Gasteiger partial charge in [-0.05, 0) is 32.1 Å². The highest BCUT2D eigenvalue weighted by atomic mass is 32.2. The molecule has 1 N–H and O–H groups in total. The lowest BCUT2D eigenvalue weighted by molar-refractivity contribution is 0.226. The van der Waals surface area contributed by atoms with Gasteiger partial charge < -0.3 is 5.32 Å². The van der Waals surface area contributed by atoms with Crippen molar-refractivity contribution in [2.24, 2.45) is 0 Å². The maximum atomic E-state index is 12.1. The van der Waals surface area contributed by atoms with E-state index in [0.29, 0.717) is 18.6 Å². The summed E-state index contributed by atoms with van der Waals surface area (Å²) in [6.07, 6.45) is 4.88. The van der Waals surface area contributed by atoms with E-state index in [-0.39, 0.29) is 6.04 Å². The molecule has 6 heteroatoms. The number of hydrogen-bond acceptors (Lipinski definition) is 4. The predicted octanol–water partition coefficient (Wildman–Crippen LogP) is 0.835. The van der Waals surface area contributed by atoms with E-state index in [9.17, 15) is 8.42 Å². The van der Waals surface area contributed by atoms with Crippen LogP contribution in [0.4, 0.5) is 0 Å². The van der Waals surface area contributed by atoms with Gasteiger partial charge in [0.25, 0.3) is 0 Å². The van der Waals surface area contributed by atoms with Crippen LogP contribution >= 0.6 is 0 Å². The summed E-state index contributed by atoms with van der Waals surface area (Å²) < 4.78 is 25.9. The Morgan fingerprint density at radius 2 is 1.94 bits per heavy atom. The van der Waals surface area contributed by atoms with Crippen LogP contribution in [0.25, 0.3) is 0 Å². The standard InChI is InChI=1S/C12H21N3O2S/c1-2-6-15(18(16,17)7-5-13)12-8-10-3-4-11(9-12)14-10/h10-12,14H,2-4,6-9H2,1H3. The van der Waals surface area contributed by atoms with E-state index in [1.807, 2.05) is 6.92 Å². The highest BCUT2D eigenvalue weighted by Gasteiger charge is 2.39. The molecule has 2 fully saturated rings. The van der Waals surface area contributed by atoms with Gasteiger partial charge >= 0.3 is 0 Å². The van der Waals surface area contributed by atoms with Crippen LogP contribution in [0, 0.1) is 11.3 Å². The van der Waals surface area contributed by atoms with Crippen molar-refractivity contribution in [3.63, 3.8) is 0 Å². The van der Waals surface area contributed by atoms with Gasteiger partial charge in [0.05, 0.1) is 6.07 Å². The first-order valence-corrected chi connectivity index (χ1v) is 8.30. The van der Waals surface area contributed by atoms with Gasteiger partial charge in [-0.25, -0.2) is 8.42 Å².